The van der Waals surface area contributed by atoms with Crippen LogP contribution in [-0.2, 0) is 5.54 Å². The minimum Gasteiger partial charge on any atom is -0.295 e. The molecular formula is C15H22N2S. The summed E-state index contributed by atoms with van der Waals surface area (Å²) in [5.41, 5.74) is 0.529. The third-order valence-electron chi connectivity index (χ3n) is 2.80. The van der Waals surface area contributed by atoms with E-state index >= 15 is 0 Å². The Kier molecular flexibility index (Phi) is 6.85. The van der Waals surface area contributed by atoms with Crippen molar-refractivity contribution in [1.29, 1.82) is 5.26 Å². The second-order valence-electron chi connectivity index (χ2n) is 4.36. The van der Waals surface area contributed by atoms with E-state index in [0.29, 0.717) is 0 Å². The Bertz CT molecular complexity index is 372. The number of rotatable bonds is 8. The molecule has 18 heavy (non-hydrogen) atoms. The Morgan fingerprint density at radius 1 is 1.22 bits per heavy atom. The van der Waals surface area contributed by atoms with Gasteiger partial charge >= 0.3 is 0 Å². The van der Waals surface area contributed by atoms with Gasteiger partial charge in [-0.05, 0) is 30.7 Å². The lowest BCUT2D eigenvalue weighted by atomic mass is 9.93. The van der Waals surface area contributed by atoms with E-state index in [1.165, 1.54) is 0 Å². The average molecular weight is 262 g/mol. The van der Waals surface area contributed by atoms with Gasteiger partial charge in [-0.25, -0.2) is 0 Å². The number of hydrogen-bond acceptors (Lipinski definition) is 3. The maximum absolute atomic E-state index is 9.63. The molecule has 0 spiro atoms. The van der Waals surface area contributed by atoms with Crippen molar-refractivity contribution < 1.29 is 0 Å². The van der Waals surface area contributed by atoms with Gasteiger partial charge in [0, 0.05) is 5.75 Å². The fourth-order valence-electron chi connectivity index (χ4n) is 1.80. The predicted octanol–water partition coefficient (Wildman–Crippen LogP) is 3.55. The lowest BCUT2D eigenvalue weighted by molar-refractivity contribution is 0.474. The highest BCUT2D eigenvalue weighted by atomic mass is 32.2. The summed E-state index contributed by atoms with van der Waals surface area (Å²) in [6.07, 6.45) is 2.18. The van der Waals surface area contributed by atoms with Gasteiger partial charge in [0.2, 0.25) is 0 Å². The summed E-state index contributed by atoms with van der Waals surface area (Å²) in [6.45, 7) is 5.16. The van der Waals surface area contributed by atoms with Gasteiger partial charge in [0.15, 0.2) is 0 Å². The van der Waals surface area contributed by atoms with E-state index in [-0.39, 0.29) is 0 Å². The normalized spacial score (nSPS) is 13.8. The number of nitrogens with one attached hydrogen (secondary N) is 1. The monoisotopic (exact) mass is 262 g/mol. The fourth-order valence-corrected chi connectivity index (χ4v) is 2.88. The topological polar surface area (TPSA) is 35.8 Å². The average Bonchev–Trinajstić information content (AvgIpc) is 2.44. The largest absolute Gasteiger partial charge is 0.295 e. The number of benzene rings is 1. The third-order valence-corrected chi connectivity index (χ3v) is 4.14. The molecule has 1 aromatic rings. The Labute approximate surface area is 115 Å². The van der Waals surface area contributed by atoms with E-state index in [1.54, 1.807) is 0 Å². The molecule has 0 bridgehead atoms. The van der Waals surface area contributed by atoms with Gasteiger partial charge in [0.25, 0.3) is 0 Å². The molecule has 0 aliphatic heterocycles. The second-order valence-corrected chi connectivity index (χ2v) is 5.47. The van der Waals surface area contributed by atoms with Gasteiger partial charge in [-0.1, -0.05) is 44.2 Å². The lowest BCUT2D eigenvalue weighted by Crippen LogP contribution is -2.44. The molecule has 0 saturated carbocycles. The molecule has 1 aromatic carbocycles. The van der Waals surface area contributed by atoms with Gasteiger partial charge in [0.1, 0.15) is 5.54 Å². The Morgan fingerprint density at radius 2 is 1.94 bits per heavy atom. The van der Waals surface area contributed by atoms with E-state index in [2.05, 4.69) is 25.2 Å². The molecule has 0 aliphatic carbocycles. The van der Waals surface area contributed by atoms with Crippen LogP contribution in [0.2, 0.25) is 0 Å². The van der Waals surface area contributed by atoms with Crippen LogP contribution in [0.3, 0.4) is 0 Å². The van der Waals surface area contributed by atoms with Crippen molar-refractivity contribution in [3.63, 3.8) is 0 Å². The van der Waals surface area contributed by atoms with Crippen LogP contribution in [0, 0.1) is 11.3 Å². The van der Waals surface area contributed by atoms with Gasteiger partial charge in [-0.2, -0.15) is 17.0 Å². The Morgan fingerprint density at radius 3 is 2.50 bits per heavy atom. The summed E-state index contributed by atoms with van der Waals surface area (Å²) in [6, 6.07) is 12.6. The van der Waals surface area contributed by atoms with Crippen molar-refractivity contribution in [3.05, 3.63) is 35.9 Å². The highest BCUT2D eigenvalue weighted by molar-refractivity contribution is 7.99. The van der Waals surface area contributed by atoms with E-state index in [0.717, 1.165) is 36.5 Å². The van der Waals surface area contributed by atoms with Crippen LogP contribution < -0.4 is 5.32 Å². The maximum Gasteiger partial charge on any atom is 0.141 e. The molecule has 0 heterocycles. The molecular weight excluding hydrogens is 240 g/mol. The minimum atomic E-state index is -0.545. The fraction of sp³-hybridized carbons (Fsp3) is 0.533. The standard InChI is InChI=1S/C15H22N2S/c1-3-10-17-15(12-16,13-18-11-4-2)14-8-6-5-7-9-14/h5-9,17H,3-4,10-11,13H2,1-2H3. The van der Waals surface area contributed by atoms with Crippen molar-refractivity contribution in [2.75, 3.05) is 18.1 Å². The van der Waals surface area contributed by atoms with Crippen LogP contribution in [0.25, 0.3) is 0 Å². The first kappa shape index (κ1) is 15.1. The number of nitriles is 1. The number of nitrogens with zero attached hydrogens (tertiary/aromatic N) is 1. The molecule has 0 amide bonds. The Hall–Kier alpha value is -0.980. The van der Waals surface area contributed by atoms with E-state index in [1.807, 2.05) is 42.1 Å². The SMILES string of the molecule is CCCNC(C#N)(CSCCC)c1ccccc1. The molecule has 1 atom stereocenters. The molecule has 0 saturated heterocycles. The van der Waals surface area contributed by atoms with Gasteiger partial charge in [-0.15, -0.1) is 0 Å². The quantitative estimate of drug-likeness (QED) is 0.728. The molecule has 1 rings (SSSR count). The molecule has 0 aliphatic rings. The molecule has 0 radical (unpaired) electrons. The summed E-state index contributed by atoms with van der Waals surface area (Å²) >= 11 is 1.85. The van der Waals surface area contributed by atoms with Gasteiger partial charge in [-0.3, -0.25) is 5.32 Å². The molecule has 98 valence electrons. The highest BCUT2D eigenvalue weighted by Crippen LogP contribution is 2.25. The maximum atomic E-state index is 9.63. The summed E-state index contributed by atoms with van der Waals surface area (Å²) < 4.78 is 0. The van der Waals surface area contributed by atoms with E-state index in [4.69, 9.17) is 0 Å². The molecule has 0 aromatic heterocycles. The molecule has 2 nitrogen and oxygen atoms in total. The first-order valence-electron chi connectivity index (χ1n) is 6.58. The van der Waals surface area contributed by atoms with Crippen LogP contribution in [0.4, 0.5) is 0 Å². The summed E-state index contributed by atoms with van der Waals surface area (Å²) in [7, 11) is 0. The first-order valence-corrected chi connectivity index (χ1v) is 7.74. The zero-order valence-corrected chi connectivity index (χ0v) is 12.1. The van der Waals surface area contributed by atoms with Crippen molar-refractivity contribution in [3.8, 4) is 6.07 Å². The first-order chi connectivity index (χ1) is 8.79. The summed E-state index contributed by atoms with van der Waals surface area (Å²) in [5, 5.41) is 13.1. The zero-order valence-electron chi connectivity index (χ0n) is 11.3. The number of thioether (sulfide) groups is 1. The van der Waals surface area contributed by atoms with Crippen molar-refractivity contribution in [2.45, 2.75) is 32.2 Å². The van der Waals surface area contributed by atoms with Crippen LogP contribution >= 0.6 is 11.8 Å². The zero-order chi connectivity index (χ0) is 13.3. The lowest BCUT2D eigenvalue weighted by Gasteiger charge is -2.28. The van der Waals surface area contributed by atoms with Crippen molar-refractivity contribution >= 4 is 11.8 Å². The smallest absolute Gasteiger partial charge is 0.141 e. The van der Waals surface area contributed by atoms with Gasteiger partial charge in [0.05, 0.1) is 6.07 Å². The molecule has 1 unspecified atom stereocenters. The van der Waals surface area contributed by atoms with Crippen LogP contribution in [0.1, 0.15) is 32.3 Å². The van der Waals surface area contributed by atoms with Crippen LogP contribution in [-0.4, -0.2) is 18.1 Å². The minimum absolute atomic E-state index is 0.545. The second kappa shape index (κ2) is 8.18. The predicted molar refractivity (Wildman–Crippen MR) is 79.6 cm³/mol. The summed E-state index contributed by atoms with van der Waals surface area (Å²) in [4.78, 5) is 0. The van der Waals surface area contributed by atoms with Crippen LogP contribution in [0.5, 0.6) is 0 Å². The highest BCUT2D eigenvalue weighted by Gasteiger charge is 2.31. The molecule has 3 heteroatoms. The van der Waals surface area contributed by atoms with Crippen molar-refractivity contribution in [2.24, 2.45) is 0 Å². The summed E-state index contributed by atoms with van der Waals surface area (Å²) in [5.74, 6) is 1.91. The number of hydrogen-bond donors (Lipinski definition) is 1. The van der Waals surface area contributed by atoms with Crippen molar-refractivity contribution in [1.82, 2.24) is 5.32 Å². The molecule has 1 N–H and O–H groups in total. The molecule has 0 fully saturated rings. The van der Waals surface area contributed by atoms with Crippen LogP contribution in [0.15, 0.2) is 30.3 Å². The van der Waals surface area contributed by atoms with E-state index in [9.17, 15) is 5.26 Å². The van der Waals surface area contributed by atoms with Gasteiger partial charge < -0.3 is 0 Å². The third kappa shape index (κ3) is 4.04. The van der Waals surface area contributed by atoms with E-state index < -0.39 is 5.54 Å². The Balaban J connectivity index is 2.88.